The van der Waals surface area contributed by atoms with E-state index < -0.39 is 10.0 Å². The quantitative estimate of drug-likeness (QED) is 0.476. The summed E-state index contributed by atoms with van der Waals surface area (Å²) in [5, 5.41) is 7.48. The van der Waals surface area contributed by atoms with E-state index in [0.717, 1.165) is 29.7 Å². The van der Waals surface area contributed by atoms with Crippen LogP contribution in [0.25, 0.3) is 11.0 Å². The number of hydrogen-bond acceptors (Lipinski definition) is 4. The molecule has 0 amide bonds. The molecule has 3 N–H and O–H groups in total. The van der Waals surface area contributed by atoms with Gasteiger partial charge in [-0.1, -0.05) is 24.3 Å². The van der Waals surface area contributed by atoms with Crippen molar-refractivity contribution in [2.75, 3.05) is 13.1 Å². The Morgan fingerprint density at radius 1 is 1.14 bits per heavy atom. The van der Waals surface area contributed by atoms with Crippen LogP contribution in [-0.2, 0) is 23.5 Å². The molecule has 9 heteroatoms. The summed E-state index contributed by atoms with van der Waals surface area (Å²) in [6.45, 7) is 1.17. The molecule has 2 aromatic carbocycles. The third kappa shape index (κ3) is 4.01. The zero-order chi connectivity index (χ0) is 19.9. The summed E-state index contributed by atoms with van der Waals surface area (Å²) in [5.74, 6) is 0.891. The largest absolute Gasteiger partial charge is 0.384 e. The van der Waals surface area contributed by atoms with Crippen molar-refractivity contribution >= 4 is 39.3 Å². The van der Waals surface area contributed by atoms with Gasteiger partial charge in [-0.05, 0) is 36.6 Å². The first-order chi connectivity index (χ1) is 13.4. The molecule has 29 heavy (non-hydrogen) atoms. The molecule has 2 heterocycles. The predicted molar refractivity (Wildman–Crippen MR) is 116 cm³/mol. The highest BCUT2D eigenvalue weighted by Crippen LogP contribution is 2.25. The third-order valence-corrected chi connectivity index (χ3v) is 7.17. The molecule has 154 valence electrons. The minimum absolute atomic E-state index is 0. The van der Waals surface area contributed by atoms with Crippen LogP contribution in [0, 0.1) is 5.41 Å². The molecule has 0 radical (unpaired) electrons. The normalized spacial score (nSPS) is 14.8. The molecule has 1 aliphatic rings. The number of nitrogens with zero attached hydrogens (tertiary/aromatic N) is 3. The van der Waals surface area contributed by atoms with Crippen LogP contribution >= 0.6 is 12.4 Å². The van der Waals surface area contributed by atoms with Crippen molar-refractivity contribution in [2.24, 2.45) is 12.8 Å². The van der Waals surface area contributed by atoms with E-state index in [-0.39, 0.29) is 18.2 Å². The van der Waals surface area contributed by atoms with Gasteiger partial charge in [0.25, 0.3) is 0 Å². The van der Waals surface area contributed by atoms with Gasteiger partial charge >= 0.3 is 0 Å². The van der Waals surface area contributed by atoms with Gasteiger partial charge in [-0.3, -0.25) is 5.41 Å². The summed E-state index contributed by atoms with van der Waals surface area (Å²) in [5.41, 5.74) is 8.81. The number of nitrogens with two attached hydrogens (primary N) is 1. The van der Waals surface area contributed by atoms with Crippen molar-refractivity contribution in [3.63, 3.8) is 0 Å². The minimum atomic E-state index is -3.45. The molecule has 0 spiro atoms. The number of imidazole rings is 1. The lowest BCUT2D eigenvalue weighted by atomic mass is 10.1. The van der Waals surface area contributed by atoms with Gasteiger partial charge in [0, 0.05) is 32.1 Å². The van der Waals surface area contributed by atoms with E-state index in [0.29, 0.717) is 35.5 Å². The fourth-order valence-corrected chi connectivity index (χ4v) is 5.15. The monoisotopic (exact) mass is 433 g/mol. The Labute approximate surface area is 176 Å². The average molecular weight is 434 g/mol. The van der Waals surface area contributed by atoms with Crippen LogP contribution in [0.5, 0.6) is 0 Å². The standard InChI is InChI=1S/C20H23N5O2S.ClH/c1-24-18-9-8-16(28(26,27)25-10-2-3-11-25)13-17(18)23-19(24)12-14-4-6-15(7-5-14)20(21)22;/h4-9,13H,2-3,10-12H2,1H3,(H3,21,22);1H. The van der Waals surface area contributed by atoms with Crippen LogP contribution in [0.4, 0.5) is 0 Å². The van der Waals surface area contributed by atoms with Crippen molar-refractivity contribution < 1.29 is 8.42 Å². The van der Waals surface area contributed by atoms with Crippen LogP contribution in [0.1, 0.15) is 29.8 Å². The van der Waals surface area contributed by atoms with Crippen LogP contribution in [-0.4, -0.2) is 41.2 Å². The van der Waals surface area contributed by atoms with Crippen molar-refractivity contribution in [2.45, 2.75) is 24.2 Å². The molecule has 3 aromatic rings. The van der Waals surface area contributed by atoms with Crippen LogP contribution in [0.15, 0.2) is 47.4 Å². The van der Waals surface area contributed by atoms with E-state index in [2.05, 4.69) is 4.98 Å². The molecule has 7 nitrogen and oxygen atoms in total. The Morgan fingerprint density at radius 2 is 1.79 bits per heavy atom. The third-order valence-electron chi connectivity index (χ3n) is 5.27. The Kier molecular flexibility index (Phi) is 5.97. The number of halogens is 1. The molecular weight excluding hydrogens is 410 g/mol. The molecule has 1 fully saturated rings. The first-order valence-corrected chi connectivity index (χ1v) is 10.7. The fraction of sp³-hybridized carbons (Fsp3) is 0.300. The van der Waals surface area contributed by atoms with Crippen LogP contribution in [0.2, 0.25) is 0 Å². The van der Waals surface area contributed by atoms with Crippen molar-refractivity contribution in [3.05, 3.63) is 59.4 Å². The molecule has 0 aliphatic carbocycles. The van der Waals surface area contributed by atoms with Gasteiger partial charge in [0.05, 0.1) is 15.9 Å². The predicted octanol–water partition coefficient (Wildman–Crippen LogP) is 2.65. The number of hydrogen-bond donors (Lipinski definition) is 2. The second-order valence-corrected chi connectivity index (χ2v) is 9.07. The Hall–Kier alpha value is -2.42. The SMILES string of the molecule is Cl.Cn1c(Cc2ccc(C(=N)N)cc2)nc2cc(S(=O)(=O)N3CCCC3)ccc21. The lowest BCUT2D eigenvalue weighted by Crippen LogP contribution is -2.27. The van der Waals surface area contributed by atoms with Crippen LogP contribution in [0.3, 0.4) is 0 Å². The second-order valence-electron chi connectivity index (χ2n) is 7.14. The number of fused-ring (bicyclic) bond motifs is 1. The van der Waals surface area contributed by atoms with Crippen molar-refractivity contribution in [1.82, 2.24) is 13.9 Å². The summed E-state index contributed by atoms with van der Waals surface area (Å²) in [7, 11) is -1.52. The van der Waals surface area contributed by atoms with E-state index in [4.69, 9.17) is 11.1 Å². The van der Waals surface area contributed by atoms with Gasteiger partial charge in [0.1, 0.15) is 11.7 Å². The van der Waals surface area contributed by atoms with E-state index in [1.807, 2.05) is 41.9 Å². The first-order valence-electron chi connectivity index (χ1n) is 9.25. The average Bonchev–Trinajstić information content (AvgIpc) is 3.32. The maximum absolute atomic E-state index is 12.8. The Morgan fingerprint density at radius 3 is 2.41 bits per heavy atom. The summed E-state index contributed by atoms with van der Waals surface area (Å²) in [4.78, 5) is 4.98. The summed E-state index contributed by atoms with van der Waals surface area (Å²) < 4.78 is 29.2. The van der Waals surface area contributed by atoms with Gasteiger partial charge in [-0.2, -0.15) is 4.31 Å². The van der Waals surface area contributed by atoms with Crippen molar-refractivity contribution in [3.8, 4) is 0 Å². The zero-order valence-corrected chi connectivity index (χ0v) is 17.8. The lowest BCUT2D eigenvalue weighted by molar-refractivity contribution is 0.477. The lowest BCUT2D eigenvalue weighted by Gasteiger charge is -2.15. The molecule has 0 bridgehead atoms. The van der Waals surface area contributed by atoms with Gasteiger partial charge < -0.3 is 10.3 Å². The van der Waals surface area contributed by atoms with E-state index in [9.17, 15) is 8.42 Å². The smallest absolute Gasteiger partial charge is 0.243 e. The van der Waals surface area contributed by atoms with Gasteiger partial charge in [-0.25, -0.2) is 13.4 Å². The number of benzene rings is 2. The maximum Gasteiger partial charge on any atom is 0.243 e. The number of sulfonamides is 1. The first kappa shape index (κ1) is 21.3. The molecule has 1 aromatic heterocycles. The number of nitrogen functional groups attached to an aromatic ring is 1. The molecule has 1 aliphatic heterocycles. The van der Waals surface area contributed by atoms with E-state index in [1.54, 1.807) is 16.4 Å². The Balaban J connectivity index is 0.00000240. The highest BCUT2D eigenvalue weighted by Gasteiger charge is 2.27. The second kappa shape index (κ2) is 8.14. The molecule has 0 unspecified atom stereocenters. The van der Waals surface area contributed by atoms with Gasteiger partial charge in [-0.15, -0.1) is 12.4 Å². The number of amidine groups is 1. The zero-order valence-electron chi connectivity index (χ0n) is 16.1. The maximum atomic E-state index is 12.8. The highest BCUT2D eigenvalue weighted by molar-refractivity contribution is 7.89. The van der Waals surface area contributed by atoms with Crippen LogP contribution < -0.4 is 5.73 Å². The van der Waals surface area contributed by atoms with Gasteiger partial charge in [0.2, 0.25) is 10.0 Å². The molecule has 0 saturated carbocycles. The minimum Gasteiger partial charge on any atom is -0.384 e. The number of aryl methyl sites for hydroxylation is 1. The number of nitrogens with one attached hydrogen (secondary N) is 1. The summed E-state index contributed by atoms with van der Waals surface area (Å²) in [6.07, 6.45) is 2.44. The molecule has 0 atom stereocenters. The number of rotatable bonds is 5. The van der Waals surface area contributed by atoms with E-state index >= 15 is 0 Å². The van der Waals surface area contributed by atoms with Gasteiger partial charge in [0.15, 0.2) is 0 Å². The van der Waals surface area contributed by atoms with E-state index in [1.165, 1.54) is 0 Å². The molecule has 4 rings (SSSR count). The summed E-state index contributed by atoms with van der Waals surface area (Å²) in [6, 6.07) is 12.7. The topological polar surface area (TPSA) is 105 Å². The highest BCUT2D eigenvalue weighted by atomic mass is 35.5. The molecule has 1 saturated heterocycles. The van der Waals surface area contributed by atoms with Crippen molar-refractivity contribution in [1.29, 1.82) is 5.41 Å². The summed E-state index contributed by atoms with van der Waals surface area (Å²) >= 11 is 0. The Bertz CT molecular complexity index is 1150. The number of aromatic nitrogens is 2. The molecular formula is C20H24ClN5O2S. The fourth-order valence-electron chi connectivity index (χ4n) is 3.61.